The van der Waals surface area contributed by atoms with Crippen LogP contribution in [0.2, 0.25) is 5.28 Å². The number of benzene rings is 1. The maximum atomic E-state index is 5.92. The maximum Gasteiger partial charge on any atom is 0.227 e. The molecule has 0 radical (unpaired) electrons. The molecule has 1 aromatic heterocycles. The molecule has 1 heterocycles. The number of anilines is 1. The van der Waals surface area contributed by atoms with Crippen molar-refractivity contribution in [3.8, 4) is 17.1 Å². The third-order valence-corrected chi connectivity index (χ3v) is 2.52. The molecule has 19 heavy (non-hydrogen) atoms. The van der Waals surface area contributed by atoms with Gasteiger partial charge in [0, 0.05) is 11.6 Å². The minimum atomic E-state index is 0.163. The van der Waals surface area contributed by atoms with Crippen LogP contribution in [0.5, 0.6) is 5.75 Å². The molecule has 1 aromatic carbocycles. The lowest BCUT2D eigenvalue weighted by molar-refractivity contribution is 0.415. The lowest BCUT2D eigenvalue weighted by Crippen LogP contribution is -2.13. The largest absolute Gasteiger partial charge is 0.497 e. The Morgan fingerprint density at radius 2 is 2.00 bits per heavy atom. The molecule has 0 atom stereocenters. The Morgan fingerprint density at radius 3 is 2.68 bits per heavy atom. The van der Waals surface area contributed by atoms with Crippen LogP contribution in [0.1, 0.15) is 13.8 Å². The summed E-state index contributed by atoms with van der Waals surface area (Å²) < 4.78 is 5.18. The summed E-state index contributed by atoms with van der Waals surface area (Å²) in [6.07, 6.45) is 0. The van der Waals surface area contributed by atoms with Gasteiger partial charge in [-0.05, 0) is 37.6 Å². The molecule has 100 valence electrons. The fraction of sp³-hybridized carbons (Fsp3) is 0.308. The van der Waals surface area contributed by atoms with Crippen LogP contribution in [0, 0.1) is 0 Å². The molecule has 0 saturated carbocycles. The molecular weight excluding hydrogens is 264 g/mol. The van der Waals surface area contributed by atoms with Gasteiger partial charge >= 0.3 is 0 Å². The van der Waals surface area contributed by atoms with Crippen LogP contribution in [-0.4, -0.2) is 28.1 Å². The average Bonchev–Trinajstić information content (AvgIpc) is 2.37. The first-order valence-electron chi connectivity index (χ1n) is 5.91. The molecule has 6 heteroatoms. The molecule has 0 bridgehead atoms. The number of hydrogen-bond acceptors (Lipinski definition) is 5. The van der Waals surface area contributed by atoms with Crippen molar-refractivity contribution in [3.05, 3.63) is 29.5 Å². The van der Waals surface area contributed by atoms with E-state index in [0.717, 1.165) is 11.3 Å². The van der Waals surface area contributed by atoms with E-state index < -0.39 is 0 Å². The quantitative estimate of drug-likeness (QED) is 0.931. The zero-order chi connectivity index (χ0) is 13.8. The van der Waals surface area contributed by atoms with Crippen molar-refractivity contribution in [2.45, 2.75) is 19.9 Å². The molecule has 0 spiro atoms. The lowest BCUT2D eigenvalue weighted by Gasteiger charge is -2.09. The highest BCUT2D eigenvalue weighted by Gasteiger charge is 2.08. The molecule has 0 fully saturated rings. The monoisotopic (exact) mass is 278 g/mol. The molecular formula is C13H15ClN4O. The fourth-order valence-electron chi connectivity index (χ4n) is 1.56. The van der Waals surface area contributed by atoms with Gasteiger partial charge in [0.25, 0.3) is 0 Å². The van der Waals surface area contributed by atoms with E-state index in [9.17, 15) is 0 Å². The number of nitrogens with zero attached hydrogens (tertiary/aromatic N) is 3. The Kier molecular flexibility index (Phi) is 4.16. The van der Waals surface area contributed by atoms with Gasteiger partial charge < -0.3 is 10.1 Å². The second-order valence-corrected chi connectivity index (χ2v) is 4.62. The van der Waals surface area contributed by atoms with Gasteiger partial charge in [-0.3, -0.25) is 0 Å². The first-order valence-corrected chi connectivity index (χ1v) is 6.29. The van der Waals surface area contributed by atoms with E-state index in [0.29, 0.717) is 11.8 Å². The summed E-state index contributed by atoms with van der Waals surface area (Å²) in [5, 5.41) is 3.27. The Hall–Kier alpha value is -1.88. The zero-order valence-electron chi connectivity index (χ0n) is 11.0. The Balaban J connectivity index is 2.40. The first kappa shape index (κ1) is 13.5. The summed E-state index contributed by atoms with van der Waals surface area (Å²) in [6.45, 7) is 4.01. The van der Waals surface area contributed by atoms with Crippen LogP contribution in [0.3, 0.4) is 0 Å². The predicted octanol–water partition coefficient (Wildman–Crippen LogP) is 3.02. The van der Waals surface area contributed by atoms with Gasteiger partial charge in [0.05, 0.1) is 7.11 Å². The third kappa shape index (κ3) is 3.54. The summed E-state index contributed by atoms with van der Waals surface area (Å²) in [4.78, 5) is 12.5. The summed E-state index contributed by atoms with van der Waals surface area (Å²) in [5.74, 6) is 1.72. The smallest absolute Gasteiger partial charge is 0.227 e. The minimum absolute atomic E-state index is 0.163. The molecule has 0 aliphatic heterocycles. The van der Waals surface area contributed by atoms with Crippen LogP contribution in [-0.2, 0) is 0 Å². The molecule has 0 aliphatic rings. The Morgan fingerprint density at radius 1 is 1.21 bits per heavy atom. The van der Waals surface area contributed by atoms with Crippen molar-refractivity contribution >= 4 is 17.5 Å². The lowest BCUT2D eigenvalue weighted by atomic mass is 10.2. The SMILES string of the molecule is COc1cccc(-c2nc(Cl)nc(NC(C)C)n2)c1. The second kappa shape index (κ2) is 5.84. The van der Waals surface area contributed by atoms with E-state index in [1.54, 1.807) is 7.11 Å². The van der Waals surface area contributed by atoms with Crippen molar-refractivity contribution in [1.29, 1.82) is 0 Å². The zero-order valence-corrected chi connectivity index (χ0v) is 11.8. The summed E-state index contributed by atoms with van der Waals surface area (Å²) in [6, 6.07) is 7.70. The van der Waals surface area contributed by atoms with E-state index in [2.05, 4.69) is 20.3 Å². The van der Waals surface area contributed by atoms with Crippen molar-refractivity contribution in [1.82, 2.24) is 15.0 Å². The Labute approximate surface area is 117 Å². The van der Waals surface area contributed by atoms with Gasteiger partial charge in [0.15, 0.2) is 5.82 Å². The summed E-state index contributed by atoms with van der Waals surface area (Å²) in [7, 11) is 1.62. The van der Waals surface area contributed by atoms with Gasteiger partial charge in [-0.25, -0.2) is 0 Å². The highest BCUT2D eigenvalue weighted by molar-refractivity contribution is 6.28. The standard InChI is InChI=1S/C13H15ClN4O/c1-8(2)15-13-17-11(16-12(14)18-13)9-5-4-6-10(7-9)19-3/h4-8H,1-3H3,(H,15,16,17,18). The topological polar surface area (TPSA) is 59.9 Å². The Bertz CT molecular complexity index is 574. The maximum absolute atomic E-state index is 5.92. The number of methoxy groups -OCH3 is 1. The second-order valence-electron chi connectivity index (χ2n) is 4.28. The van der Waals surface area contributed by atoms with E-state index in [1.807, 2.05) is 38.1 Å². The van der Waals surface area contributed by atoms with Gasteiger partial charge in [-0.15, -0.1) is 0 Å². The number of hydrogen-bond donors (Lipinski definition) is 1. The van der Waals surface area contributed by atoms with Gasteiger partial charge in [0.1, 0.15) is 5.75 Å². The third-order valence-electron chi connectivity index (χ3n) is 2.35. The van der Waals surface area contributed by atoms with Crippen LogP contribution < -0.4 is 10.1 Å². The summed E-state index contributed by atoms with van der Waals surface area (Å²) in [5.41, 5.74) is 0.829. The van der Waals surface area contributed by atoms with Crippen molar-refractivity contribution < 1.29 is 4.74 Å². The van der Waals surface area contributed by atoms with Gasteiger partial charge in [-0.1, -0.05) is 12.1 Å². The fourth-order valence-corrected chi connectivity index (χ4v) is 1.72. The molecule has 0 amide bonds. The van der Waals surface area contributed by atoms with Gasteiger partial charge in [-0.2, -0.15) is 15.0 Å². The molecule has 2 rings (SSSR count). The first-order chi connectivity index (χ1) is 9.08. The van der Waals surface area contributed by atoms with Crippen LogP contribution in [0.25, 0.3) is 11.4 Å². The summed E-state index contributed by atoms with van der Waals surface area (Å²) >= 11 is 5.92. The van der Waals surface area contributed by atoms with Crippen molar-refractivity contribution in [2.24, 2.45) is 0 Å². The van der Waals surface area contributed by atoms with Gasteiger partial charge in [0.2, 0.25) is 11.2 Å². The number of rotatable bonds is 4. The highest BCUT2D eigenvalue weighted by atomic mass is 35.5. The molecule has 0 aliphatic carbocycles. The number of nitrogens with one attached hydrogen (secondary N) is 1. The van der Waals surface area contributed by atoms with Crippen LogP contribution in [0.15, 0.2) is 24.3 Å². The van der Waals surface area contributed by atoms with Crippen molar-refractivity contribution in [2.75, 3.05) is 12.4 Å². The van der Waals surface area contributed by atoms with E-state index >= 15 is 0 Å². The van der Waals surface area contributed by atoms with Crippen LogP contribution in [0.4, 0.5) is 5.95 Å². The molecule has 1 N–H and O–H groups in total. The number of halogens is 1. The molecule has 0 unspecified atom stereocenters. The molecule has 0 saturated heterocycles. The van der Waals surface area contributed by atoms with Crippen molar-refractivity contribution in [3.63, 3.8) is 0 Å². The van der Waals surface area contributed by atoms with Crippen LogP contribution >= 0.6 is 11.6 Å². The molecule has 5 nitrogen and oxygen atoms in total. The van der Waals surface area contributed by atoms with E-state index in [-0.39, 0.29) is 11.3 Å². The highest BCUT2D eigenvalue weighted by Crippen LogP contribution is 2.22. The normalized spacial score (nSPS) is 10.6. The molecule has 2 aromatic rings. The predicted molar refractivity (Wildman–Crippen MR) is 75.6 cm³/mol. The number of ether oxygens (including phenoxy) is 1. The number of aromatic nitrogens is 3. The van der Waals surface area contributed by atoms with E-state index in [1.165, 1.54) is 0 Å². The average molecular weight is 279 g/mol. The van der Waals surface area contributed by atoms with E-state index in [4.69, 9.17) is 16.3 Å². The minimum Gasteiger partial charge on any atom is -0.497 e.